The zero-order chi connectivity index (χ0) is 27.6. The molecular weight excluding hydrogens is 518 g/mol. The lowest BCUT2D eigenvalue weighted by molar-refractivity contribution is -0.137. The van der Waals surface area contributed by atoms with E-state index in [2.05, 4.69) is 21.6 Å². The third kappa shape index (κ3) is 4.13. The highest BCUT2D eigenvalue weighted by atomic mass is 19.4. The quantitative estimate of drug-likeness (QED) is 0.286. The van der Waals surface area contributed by atoms with Crippen LogP contribution in [0.5, 0.6) is 0 Å². The predicted octanol–water partition coefficient (Wildman–Crippen LogP) is 3.42. The first kappa shape index (κ1) is 25.0. The van der Waals surface area contributed by atoms with Crippen molar-refractivity contribution in [1.82, 2.24) is 33.7 Å². The highest BCUT2D eigenvalue weighted by Crippen LogP contribution is 2.34. The molecule has 2 aliphatic heterocycles. The molecule has 0 radical (unpaired) electrons. The number of amides is 1. The predicted molar refractivity (Wildman–Crippen MR) is 134 cm³/mol. The Hall–Kier alpha value is -4.26. The summed E-state index contributed by atoms with van der Waals surface area (Å²) in [6.45, 7) is 4.89. The average molecular weight is 542 g/mol. The Bertz CT molecular complexity index is 1660. The number of fused-ring (bicyclic) bond motifs is 1. The highest BCUT2D eigenvalue weighted by molar-refractivity contribution is 5.92. The number of aromatic nitrogens is 5. The molecule has 1 aromatic carbocycles. The van der Waals surface area contributed by atoms with Crippen molar-refractivity contribution in [3.8, 4) is 16.8 Å². The van der Waals surface area contributed by atoms with Crippen molar-refractivity contribution in [2.75, 3.05) is 33.2 Å². The lowest BCUT2D eigenvalue weighted by atomic mass is 10.1. The van der Waals surface area contributed by atoms with Gasteiger partial charge in [-0.3, -0.25) is 14.0 Å². The molecule has 3 aromatic heterocycles. The van der Waals surface area contributed by atoms with Crippen molar-refractivity contribution in [1.29, 1.82) is 0 Å². The minimum absolute atomic E-state index is 0.0653. The summed E-state index contributed by atoms with van der Waals surface area (Å²) in [5.74, 6) is -1.94. The molecule has 0 unspecified atom stereocenters. The summed E-state index contributed by atoms with van der Waals surface area (Å²) < 4.78 is 57.5. The van der Waals surface area contributed by atoms with E-state index in [0.717, 1.165) is 30.8 Å². The number of carbonyl (C=O) groups is 1. The Morgan fingerprint density at radius 1 is 1.05 bits per heavy atom. The van der Waals surface area contributed by atoms with Crippen LogP contribution >= 0.6 is 0 Å². The zero-order valence-electron chi connectivity index (χ0n) is 20.8. The van der Waals surface area contributed by atoms with E-state index in [0.29, 0.717) is 11.1 Å². The molecule has 9 nitrogen and oxygen atoms in total. The van der Waals surface area contributed by atoms with Gasteiger partial charge in [0.05, 0.1) is 35.0 Å². The van der Waals surface area contributed by atoms with Crippen molar-refractivity contribution < 1.29 is 22.4 Å². The minimum atomic E-state index is -4.53. The second kappa shape index (κ2) is 8.90. The summed E-state index contributed by atoms with van der Waals surface area (Å²) >= 11 is 0. The summed E-state index contributed by atoms with van der Waals surface area (Å²) in [4.78, 5) is 33.7. The molecule has 2 saturated heterocycles. The standard InChI is InChI=1S/C26H23F4N7O2/c1-15(27)24(38)34-13-20(14-34)36-22-21(16-9-32-35(10-16)19-11-33(2)12-19)7-8-31-23(22)37(25(36)39)18-5-3-17(4-6-18)26(28,29)30/h3-10,19-20H,1,11-14H2,2H3. The van der Waals surface area contributed by atoms with Gasteiger partial charge in [0.1, 0.15) is 0 Å². The van der Waals surface area contributed by atoms with Crippen LogP contribution in [0.15, 0.2) is 66.1 Å². The van der Waals surface area contributed by atoms with Crippen LogP contribution in [-0.4, -0.2) is 72.8 Å². The van der Waals surface area contributed by atoms with Crippen LogP contribution in [0.4, 0.5) is 17.6 Å². The van der Waals surface area contributed by atoms with Gasteiger partial charge in [-0.2, -0.15) is 18.3 Å². The molecule has 2 aliphatic rings. The van der Waals surface area contributed by atoms with Crippen LogP contribution < -0.4 is 5.69 Å². The van der Waals surface area contributed by atoms with Gasteiger partial charge in [-0.25, -0.2) is 18.7 Å². The van der Waals surface area contributed by atoms with Crippen LogP contribution in [0, 0.1) is 0 Å². The van der Waals surface area contributed by atoms with E-state index < -0.39 is 35.2 Å². The molecular formula is C26H23F4N7O2. The summed E-state index contributed by atoms with van der Waals surface area (Å²) in [7, 11) is 2.01. The number of imidazole rings is 1. The Balaban J connectivity index is 1.49. The van der Waals surface area contributed by atoms with Crippen LogP contribution in [0.3, 0.4) is 0 Å². The van der Waals surface area contributed by atoms with Gasteiger partial charge in [-0.1, -0.05) is 6.58 Å². The molecule has 2 fully saturated rings. The molecule has 0 spiro atoms. The summed E-state index contributed by atoms with van der Waals surface area (Å²) in [5.41, 5.74) is 0.913. The molecule has 5 heterocycles. The van der Waals surface area contributed by atoms with E-state index in [4.69, 9.17) is 0 Å². The van der Waals surface area contributed by atoms with Crippen molar-refractivity contribution in [3.63, 3.8) is 0 Å². The van der Waals surface area contributed by atoms with Gasteiger partial charge in [0, 0.05) is 49.7 Å². The maximum atomic E-state index is 13.8. The van der Waals surface area contributed by atoms with Crippen molar-refractivity contribution >= 4 is 17.1 Å². The fraction of sp³-hybridized carbons (Fsp3) is 0.308. The fourth-order valence-corrected chi connectivity index (χ4v) is 5.21. The zero-order valence-corrected chi connectivity index (χ0v) is 20.8. The molecule has 13 heteroatoms. The van der Waals surface area contributed by atoms with Crippen LogP contribution in [0.1, 0.15) is 17.6 Å². The van der Waals surface area contributed by atoms with E-state index in [1.807, 2.05) is 17.9 Å². The summed E-state index contributed by atoms with van der Waals surface area (Å²) in [6.07, 6.45) is 0.586. The van der Waals surface area contributed by atoms with E-state index in [1.165, 1.54) is 32.4 Å². The van der Waals surface area contributed by atoms with E-state index in [1.54, 1.807) is 12.3 Å². The SMILES string of the molecule is C=C(F)C(=O)N1CC(n2c(=O)n(-c3ccc(C(F)(F)F)cc3)c3nccc(-c4cnn(C5CN(C)C5)c4)c32)C1. The molecule has 6 rings (SSSR count). The van der Waals surface area contributed by atoms with Gasteiger partial charge in [-0.05, 0) is 37.4 Å². The summed E-state index contributed by atoms with van der Waals surface area (Å²) in [5, 5.41) is 4.50. The van der Waals surface area contributed by atoms with E-state index in [9.17, 15) is 27.2 Å². The number of carbonyl (C=O) groups excluding carboxylic acids is 1. The van der Waals surface area contributed by atoms with Crippen molar-refractivity contribution in [2.45, 2.75) is 18.3 Å². The molecule has 0 atom stereocenters. The third-order valence-electron chi connectivity index (χ3n) is 7.29. The molecule has 1 amide bonds. The first-order chi connectivity index (χ1) is 18.5. The number of rotatable bonds is 5. The highest BCUT2D eigenvalue weighted by Gasteiger charge is 2.37. The molecule has 0 bridgehead atoms. The van der Waals surface area contributed by atoms with Crippen LogP contribution in [0.25, 0.3) is 28.0 Å². The lowest BCUT2D eigenvalue weighted by Crippen LogP contribution is -2.52. The number of halogens is 4. The number of hydrogen-bond acceptors (Lipinski definition) is 5. The smallest absolute Gasteiger partial charge is 0.332 e. The number of benzene rings is 1. The number of pyridine rings is 1. The third-order valence-corrected chi connectivity index (χ3v) is 7.29. The van der Waals surface area contributed by atoms with Crippen LogP contribution in [-0.2, 0) is 11.0 Å². The van der Waals surface area contributed by atoms with Gasteiger partial charge in [0.2, 0.25) is 0 Å². The number of likely N-dealkylation sites (N-methyl/N-ethyl adjacent to an activating group) is 1. The van der Waals surface area contributed by atoms with Gasteiger partial charge in [0.15, 0.2) is 11.5 Å². The number of hydrogen-bond donors (Lipinski definition) is 0. The Labute approximate surface area is 219 Å². The average Bonchev–Trinajstić information content (AvgIpc) is 3.43. The molecule has 39 heavy (non-hydrogen) atoms. The number of alkyl halides is 3. The second-order valence-electron chi connectivity index (χ2n) is 9.92. The van der Waals surface area contributed by atoms with E-state index >= 15 is 0 Å². The second-order valence-corrected chi connectivity index (χ2v) is 9.92. The maximum Gasteiger partial charge on any atom is 0.416 e. The number of likely N-dealkylation sites (tertiary alicyclic amines) is 2. The van der Waals surface area contributed by atoms with Crippen LogP contribution in [0.2, 0.25) is 0 Å². The van der Waals surface area contributed by atoms with Gasteiger partial charge < -0.3 is 9.80 Å². The molecule has 0 N–H and O–H groups in total. The topological polar surface area (TPSA) is 81.2 Å². The Kier molecular flexibility index (Phi) is 5.72. The van der Waals surface area contributed by atoms with Gasteiger partial charge in [0.25, 0.3) is 5.91 Å². The number of nitrogens with zero attached hydrogens (tertiary/aromatic N) is 7. The first-order valence-corrected chi connectivity index (χ1v) is 12.2. The maximum absolute atomic E-state index is 13.8. The fourth-order valence-electron chi connectivity index (χ4n) is 5.21. The van der Waals surface area contributed by atoms with Crippen molar-refractivity contribution in [2.24, 2.45) is 0 Å². The molecule has 0 aliphatic carbocycles. The Morgan fingerprint density at radius 3 is 2.36 bits per heavy atom. The van der Waals surface area contributed by atoms with E-state index in [-0.39, 0.29) is 30.5 Å². The first-order valence-electron chi connectivity index (χ1n) is 12.2. The summed E-state index contributed by atoms with van der Waals surface area (Å²) in [6, 6.07) is 5.72. The van der Waals surface area contributed by atoms with Gasteiger partial charge in [-0.15, -0.1) is 0 Å². The van der Waals surface area contributed by atoms with Crippen molar-refractivity contribution in [3.05, 3.63) is 77.4 Å². The minimum Gasteiger partial charge on any atom is -0.332 e. The lowest BCUT2D eigenvalue weighted by Gasteiger charge is -2.39. The Morgan fingerprint density at radius 2 is 1.74 bits per heavy atom. The molecule has 0 saturated carbocycles. The normalized spacial score (nSPS) is 16.9. The van der Waals surface area contributed by atoms with Gasteiger partial charge >= 0.3 is 11.9 Å². The molecule has 4 aromatic rings. The largest absolute Gasteiger partial charge is 0.416 e. The monoisotopic (exact) mass is 541 g/mol. The molecule has 202 valence electrons.